The van der Waals surface area contributed by atoms with Crippen LogP contribution in [0.25, 0.3) is 5.57 Å². The molecule has 1 aliphatic heterocycles. The molecule has 3 aromatic rings. The fourth-order valence-corrected chi connectivity index (χ4v) is 8.49. The Hall–Kier alpha value is -3.18. The van der Waals surface area contributed by atoms with Crippen LogP contribution in [0.1, 0.15) is 67.2 Å². The predicted octanol–water partition coefficient (Wildman–Crippen LogP) is 6.53. The van der Waals surface area contributed by atoms with Gasteiger partial charge in [0.1, 0.15) is 6.04 Å². The van der Waals surface area contributed by atoms with Gasteiger partial charge in [-0.15, -0.1) is 0 Å². The van der Waals surface area contributed by atoms with Crippen molar-refractivity contribution in [1.29, 1.82) is 0 Å². The van der Waals surface area contributed by atoms with Gasteiger partial charge >= 0.3 is 0 Å². The van der Waals surface area contributed by atoms with Crippen molar-refractivity contribution < 1.29 is 14.4 Å². The van der Waals surface area contributed by atoms with Gasteiger partial charge in [0.15, 0.2) is 5.78 Å². The molecule has 5 rings (SSSR count). The fraction of sp³-hybridized carbons (Fsp3) is 0.410. The molecular weight excluding hydrogens is 689 g/mol. The minimum atomic E-state index is -0.819. The van der Waals surface area contributed by atoms with Crippen LogP contribution in [-0.4, -0.2) is 54.7 Å². The normalized spacial score (nSPS) is 20.4. The van der Waals surface area contributed by atoms with Crippen molar-refractivity contribution in [2.24, 2.45) is 17.4 Å². The fourth-order valence-electron chi connectivity index (χ4n) is 6.79. The molecule has 0 saturated carbocycles. The van der Waals surface area contributed by atoms with E-state index in [1.54, 1.807) is 18.0 Å². The molecule has 2 amide bonds. The van der Waals surface area contributed by atoms with Gasteiger partial charge in [-0.05, 0) is 91.2 Å². The van der Waals surface area contributed by atoms with E-state index in [1.807, 2.05) is 42.5 Å². The highest BCUT2D eigenvalue weighted by atomic mass is 35.5. The van der Waals surface area contributed by atoms with E-state index < -0.39 is 18.0 Å². The van der Waals surface area contributed by atoms with Gasteiger partial charge in [-0.25, -0.2) is 0 Å². The number of nitrogens with one attached hydrogen (secondary N) is 2. The number of Topliss-reactive ketones (excluding diaryl/α,β-unsaturated/α-hetero) is 1. The Kier molecular flexibility index (Phi) is 14.0. The third-order valence-electron chi connectivity index (χ3n) is 9.61. The lowest BCUT2D eigenvalue weighted by Gasteiger charge is -2.32. The van der Waals surface area contributed by atoms with Gasteiger partial charge in [-0.2, -0.15) is 0 Å². The van der Waals surface area contributed by atoms with Gasteiger partial charge in [0, 0.05) is 53.7 Å². The van der Waals surface area contributed by atoms with Crippen molar-refractivity contribution in [2.75, 3.05) is 20.1 Å². The summed E-state index contributed by atoms with van der Waals surface area (Å²) in [6.07, 6.45) is 6.46. The molecule has 6 N–H and O–H groups in total. The number of allylic oxidation sites excluding steroid dienone is 1. The Balaban J connectivity index is 1.56. The maximum atomic E-state index is 14.4. The smallest absolute Gasteiger partial charge is 0.243 e. The number of benzene rings is 3. The molecule has 8 nitrogen and oxygen atoms in total. The van der Waals surface area contributed by atoms with E-state index in [4.69, 9.17) is 34.7 Å². The van der Waals surface area contributed by atoms with Crippen LogP contribution in [0.2, 0.25) is 10.0 Å². The monoisotopic (exact) mass is 735 g/mol. The Morgan fingerprint density at radius 3 is 2.40 bits per heavy atom. The SMILES string of the molecule is CN1C(=O)[C@H](CCCCN)CC(=O)[C@H](CCCN)NCc2ccccc2Sc2c(Cl)cc(Cl)cc2CNC(=O)[C@@H]1CC1=CCc2ccccc21. The second-order valence-corrected chi connectivity index (χ2v) is 15.0. The maximum absolute atomic E-state index is 14.4. The molecule has 1 heterocycles. The van der Waals surface area contributed by atoms with Gasteiger partial charge in [-0.3, -0.25) is 14.4 Å². The molecule has 0 fully saturated rings. The molecule has 0 aromatic heterocycles. The van der Waals surface area contributed by atoms with Crippen LogP contribution >= 0.6 is 35.0 Å². The molecule has 0 spiro atoms. The molecular formula is C39H47Cl2N5O3S. The van der Waals surface area contributed by atoms with E-state index in [2.05, 4.69) is 28.8 Å². The van der Waals surface area contributed by atoms with Crippen molar-refractivity contribution in [1.82, 2.24) is 15.5 Å². The summed E-state index contributed by atoms with van der Waals surface area (Å²) in [6, 6.07) is 18.3. The van der Waals surface area contributed by atoms with E-state index in [1.165, 1.54) is 17.3 Å². The molecule has 0 unspecified atom stereocenters. The molecule has 0 radical (unpaired) electrons. The van der Waals surface area contributed by atoms with E-state index in [0.29, 0.717) is 61.8 Å². The lowest BCUT2D eigenvalue weighted by Crippen LogP contribution is -2.50. The number of unbranched alkanes of at least 4 members (excludes halogenated alkanes) is 1. The first-order valence-electron chi connectivity index (χ1n) is 17.4. The summed E-state index contributed by atoms with van der Waals surface area (Å²) in [5, 5.41) is 7.55. The van der Waals surface area contributed by atoms with Crippen LogP contribution < -0.4 is 22.1 Å². The number of rotatable bonds is 9. The lowest BCUT2D eigenvalue weighted by molar-refractivity contribution is -0.143. The van der Waals surface area contributed by atoms with Crippen molar-refractivity contribution in [3.63, 3.8) is 0 Å². The largest absolute Gasteiger partial charge is 0.350 e. The molecule has 0 bridgehead atoms. The third-order valence-corrected chi connectivity index (χ3v) is 11.5. The number of ketones is 1. The van der Waals surface area contributed by atoms with Crippen molar-refractivity contribution in [2.45, 2.75) is 86.3 Å². The molecule has 0 saturated heterocycles. The van der Waals surface area contributed by atoms with Gasteiger partial charge in [0.05, 0.1) is 11.1 Å². The van der Waals surface area contributed by atoms with E-state index in [0.717, 1.165) is 44.9 Å². The molecule has 11 heteroatoms. The van der Waals surface area contributed by atoms with Crippen molar-refractivity contribution in [3.05, 3.63) is 99.0 Å². The molecule has 3 aromatic carbocycles. The first-order chi connectivity index (χ1) is 24.2. The first kappa shape index (κ1) is 38.1. The minimum absolute atomic E-state index is 0.0381. The van der Waals surface area contributed by atoms with Gasteiger partial charge in [0.25, 0.3) is 0 Å². The molecule has 1 aliphatic carbocycles. The summed E-state index contributed by atoms with van der Waals surface area (Å²) in [4.78, 5) is 46.1. The van der Waals surface area contributed by atoms with Crippen LogP contribution in [0, 0.1) is 5.92 Å². The molecule has 2 aliphatic rings. The van der Waals surface area contributed by atoms with Crippen LogP contribution in [-0.2, 0) is 33.9 Å². The summed E-state index contributed by atoms with van der Waals surface area (Å²) in [6.45, 7) is 1.55. The lowest BCUT2D eigenvalue weighted by atomic mass is 9.90. The van der Waals surface area contributed by atoms with E-state index in [9.17, 15) is 14.4 Å². The number of nitrogens with zero attached hydrogens (tertiary/aromatic N) is 1. The Bertz CT molecular complexity index is 1720. The zero-order valence-electron chi connectivity index (χ0n) is 28.6. The highest BCUT2D eigenvalue weighted by molar-refractivity contribution is 7.99. The second-order valence-electron chi connectivity index (χ2n) is 13.1. The maximum Gasteiger partial charge on any atom is 0.243 e. The number of halogens is 2. The second kappa shape index (κ2) is 18.4. The van der Waals surface area contributed by atoms with Gasteiger partial charge in [-0.1, -0.05) is 89.9 Å². The number of carbonyl (C=O) groups excluding carboxylic acids is 3. The summed E-state index contributed by atoms with van der Waals surface area (Å²) in [7, 11) is 1.68. The summed E-state index contributed by atoms with van der Waals surface area (Å²) in [5.41, 5.74) is 16.8. The topological polar surface area (TPSA) is 131 Å². The van der Waals surface area contributed by atoms with Crippen LogP contribution in [0.3, 0.4) is 0 Å². The number of carbonyl (C=O) groups is 3. The number of amides is 2. The predicted molar refractivity (Wildman–Crippen MR) is 203 cm³/mol. The average molecular weight is 737 g/mol. The van der Waals surface area contributed by atoms with Crippen molar-refractivity contribution >= 4 is 58.1 Å². The third kappa shape index (κ3) is 9.57. The number of fused-ring (bicyclic) bond motifs is 3. The van der Waals surface area contributed by atoms with E-state index in [-0.39, 0.29) is 30.6 Å². The minimum Gasteiger partial charge on any atom is -0.350 e. The van der Waals surface area contributed by atoms with Crippen LogP contribution in [0.5, 0.6) is 0 Å². The highest BCUT2D eigenvalue weighted by Crippen LogP contribution is 2.40. The van der Waals surface area contributed by atoms with Crippen molar-refractivity contribution in [3.8, 4) is 0 Å². The Morgan fingerprint density at radius 1 is 0.880 bits per heavy atom. The number of hydrogen-bond donors (Lipinski definition) is 4. The summed E-state index contributed by atoms with van der Waals surface area (Å²) < 4.78 is 0. The zero-order valence-corrected chi connectivity index (χ0v) is 30.9. The molecule has 3 atom stereocenters. The van der Waals surface area contributed by atoms with Crippen LogP contribution in [0.15, 0.2) is 76.5 Å². The Labute approximate surface area is 309 Å². The highest BCUT2D eigenvalue weighted by Gasteiger charge is 2.35. The van der Waals surface area contributed by atoms with Gasteiger partial charge < -0.3 is 27.0 Å². The average Bonchev–Trinajstić information content (AvgIpc) is 3.52. The molecule has 50 heavy (non-hydrogen) atoms. The van der Waals surface area contributed by atoms with Gasteiger partial charge in [0.2, 0.25) is 11.8 Å². The number of hydrogen-bond acceptors (Lipinski definition) is 7. The van der Waals surface area contributed by atoms with Crippen LogP contribution in [0.4, 0.5) is 0 Å². The Morgan fingerprint density at radius 2 is 1.62 bits per heavy atom. The number of likely N-dealkylation sites (N-methyl/N-ethyl adjacent to an activating group) is 1. The number of nitrogens with two attached hydrogens (primary N) is 2. The standard InChI is InChI=1S/C39H47Cl2N5O3S/c1-46-34(20-26-16-15-25-9-2-4-12-31(25)26)38(48)45-24-29-19-30(40)22-32(41)37(29)50-36-14-5-3-11-28(36)23-44-33(13-8-18-43)35(47)21-27(39(46)49)10-6-7-17-42/h2-5,9,11-12,14,16,19,22,27,33-34,44H,6-8,10,13,15,17-18,20-21,23-24,42-43H2,1H3,(H,45,48)/t27-,33+,34+/m1/s1. The quantitative estimate of drug-likeness (QED) is 0.184. The summed E-state index contributed by atoms with van der Waals surface area (Å²) in [5.74, 6) is -1.16. The zero-order chi connectivity index (χ0) is 35.6. The summed E-state index contributed by atoms with van der Waals surface area (Å²) >= 11 is 14.8. The van der Waals surface area contributed by atoms with E-state index >= 15 is 0 Å². The first-order valence-corrected chi connectivity index (χ1v) is 19.0. The molecule has 266 valence electrons.